The van der Waals surface area contributed by atoms with Gasteiger partial charge in [-0.1, -0.05) is 65.5 Å². The SMILES string of the molecule is CCC(C(=O)NC(C)C)N(Cc1ccc(Cl)cc1Cl)C(=O)CN(c1cccc(Cl)c1Cl)S(C)(=O)=O. The Hall–Kier alpha value is -1.71. The van der Waals surface area contributed by atoms with E-state index in [0.29, 0.717) is 15.6 Å². The summed E-state index contributed by atoms with van der Waals surface area (Å²) in [5, 5.41) is 3.67. The number of hydrogen-bond donors (Lipinski definition) is 1. The predicted molar refractivity (Wildman–Crippen MR) is 143 cm³/mol. The van der Waals surface area contributed by atoms with Gasteiger partial charge in [-0.25, -0.2) is 8.42 Å². The van der Waals surface area contributed by atoms with Gasteiger partial charge in [0, 0.05) is 22.6 Å². The van der Waals surface area contributed by atoms with E-state index in [9.17, 15) is 18.0 Å². The highest BCUT2D eigenvalue weighted by Gasteiger charge is 2.33. The minimum absolute atomic E-state index is 0.00993. The fraction of sp³-hybridized carbons (Fsp3) is 0.391. The molecule has 1 atom stereocenters. The van der Waals surface area contributed by atoms with Crippen molar-refractivity contribution in [1.82, 2.24) is 10.2 Å². The number of nitrogens with one attached hydrogen (secondary N) is 1. The van der Waals surface area contributed by atoms with E-state index in [0.717, 1.165) is 10.6 Å². The van der Waals surface area contributed by atoms with Crippen LogP contribution in [0.1, 0.15) is 32.8 Å². The number of halogens is 4. The molecule has 1 N–H and O–H groups in total. The Morgan fingerprint density at radius 1 is 1.03 bits per heavy atom. The van der Waals surface area contributed by atoms with Gasteiger partial charge in [-0.15, -0.1) is 0 Å². The summed E-state index contributed by atoms with van der Waals surface area (Å²) < 4.78 is 26.2. The quantitative estimate of drug-likeness (QED) is 0.406. The molecule has 0 spiro atoms. The van der Waals surface area contributed by atoms with Gasteiger partial charge in [-0.2, -0.15) is 0 Å². The van der Waals surface area contributed by atoms with Crippen LogP contribution < -0.4 is 9.62 Å². The Bertz CT molecular complexity index is 1190. The second-order valence-electron chi connectivity index (χ2n) is 8.19. The van der Waals surface area contributed by atoms with E-state index in [2.05, 4.69) is 5.32 Å². The van der Waals surface area contributed by atoms with E-state index in [4.69, 9.17) is 46.4 Å². The molecule has 0 fully saturated rings. The first-order valence-electron chi connectivity index (χ1n) is 10.7. The van der Waals surface area contributed by atoms with Gasteiger partial charge >= 0.3 is 0 Å². The molecule has 0 bridgehead atoms. The van der Waals surface area contributed by atoms with Gasteiger partial charge in [0.15, 0.2) is 0 Å². The van der Waals surface area contributed by atoms with Crippen molar-refractivity contribution in [3.63, 3.8) is 0 Å². The number of anilines is 1. The Kier molecular flexibility index (Phi) is 10.5. The molecule has 2 amide bonds. The van der Waals surface area contributed by atoms with Gasteiger partial charge in [0.1, 0.15) is 12.6 Å². The van der Waals surface area contributed by atoms with Crippen LogP contribution in [-0.2, 0) is 26.2 Å². The van der Waals surface area contributed by atoms with Crippen molar-refractivity contribution in [2.45, 2.75) is 45.8 Å². The smallest absolute Gasteiger partial charge is 0.244 e. The van der Waals surface area contributed by atoms with Crippen molar-refractivity contribution in [2.24, 2.45) is 0 Å². The molecule has 0 saturated heterocycles. The first kappa shape index (κ1) is 29.5. The van der Waals surface area contributed by atoms with Crippen LogP contribution in [0.3, 0.4) is 0 Å². The summed E-state index contributed by atoms with van der Waals surface area (Å²) in [6.45, 7) is 4.73. The third-order valence-corrected chi connectivity index (χ3v) is 7.57. The van der Waals surface area contributed by atoms with E-state index in [1.807, 2.05) is 0 Å². The molecule has 192 valence electrons. The van der Waals surface area contributed by atoms with Crippen LogP contribution >= 0.6 is 46.4 Å². The van der Waals surface area contributed by atoms with E-state index in [1.54, 1.807) is 32.9 Å². The Labute approximate surface area is 226 Å². The third-order valence-electron chi connectivity index (χ3n) is 5.05. The number of hydrogen-bond acceptors (Lipinski definition) is 4. The molecule has 7 nitrogen and oxygen atoms in total. The molecule has 2 rings (SSSR count). The Balaban J connectivity index is 2.52. The summed E-state index contributed by atoms with van der Waals surface area (Å²) in [5.74, 6) is -0.990. The summed E-state index contributed by atoms with van der Waals surface area (Å²) in [6, 6.07) is 8.25. The molecule has 0 aliphatic carbocycles. The molecule has 2 aromatic rings. The molecular formula is C23H27Cl4N3O4S. The molecule has 0 heterocycles. The molecule has 0 saturated carbocycles. The van der Waals surface area contributed by atoms with Crippen LogP contribution in [0.25, 0.3) is 0 Å². The fourth-order valence-electron chi connectivity index (χ4n) is 3.41. The Morgan fingerprint density at radius 3 is 2.23 bits per heavy atom. The average Bonchev–Trinajstić information content (AvgIpc) is 2.74. The summed E-state index contributed by atoms with van der Waals surface area (Å²) in [7, 11) is -3.95. The van der Waals surface area contributed by atoms with Crippen molar-refractivity contribution in [3.05, 3.63) is 62.1 Å². The summed E-state index contributed by atoms with van der Waals surface area (Å²) in [4.78, 5) is 27.9. The zero-order valence-electron chi connectivity index (χ0n) is 19.7. The van der Waals surface area contributed by atoms with Crippen molar-refractivity contribution in [2.75, 3.05) is 17.1 Å². The molecule has 35 heavy (non-hydrogen) atoms. The molecular weight excluding hydrogens is 556 g/mol. The maximum Gasteiger partial charge on any atom is 0.244 e. The molecule has 0 radical (unpaired) electrons. The number of carbonyl (C=O) groups excluding carboxylic acids is 2. The van der Waals surface area contributed by atoms with E-state index in [-0.39, 0.29) is 40.6 Å². The molecule has 12 heteroatoms. The van der Waals surface area contributed by atoms with Gasteiger partial charge < -0.3 is 10.2 Å². The van der Waals surface area contributed by atoms with Crippen molar-refractivity contribution >= 4 is 73.9 Å². The van der Waals surface area contributed by atoms with Crippen LogP contribution in [0.4, 0.5) is 5.69 Å². The topological polar surface area (TPSA) is 86.8 Å². The molecule has 2 aromatic carbocycles. The highest BCUT2D eigenvalue weighted by atomic mass is 35.5. The van der Waals surface area contributed by atoms with E-state index >= 15 is 0 Å². The van der Waals surface area contributed by atoms with Gasteiger partial charge in [0.2, 0.25) is 21.8 Å². The minimum Gasteiger partial charge on any atom is -0.352 e. The number of carbonyl (C=O) groups is 2. The largest absolute Gasteiger partial charge is 0.352 e. The zero-order valence-corrected chi connectivity index (χ0v) is 23.5. The summed E-state index contributed by atoms with van der Waals surface area (Å²) >= 11 is 24.7. The van der Waals surface area contributed by atoms with Gasteiger partial charge in [-0.3, -0.25) is 13.9 Å². The highest BCUT2D eigenvalue weighted by molar-refractivity contribution is 7.92. The standard InChI is InChI=1S/C23H27Cl4N3O4S/c1-5-19(23(32)28-14(2)3)29(12-15-9-10-16(24)11-18(15)26)21(31)13-30(35(4,33)34)20-8-6-7-17(25)22(20)27/h6-11,14,19H,5,12-13H2,1-4H3,(H,28,32). The molecule has 0 aliphatic heterocycles. The lowest BCUT2D eigenvalue weighted by atomic mass is 10.1. The maximum absolute atomic E-state index is 13.6. The van der Waals surface area contributed by atoms with E-state index < -0.39 is 28.5 Å². The van der Waals surface area contributed by atoms with E-state index in [1.165, 1.54) is 29.2 Å². The zero-order chi connectivity index (χ0) is 26.5. The molecule has 0 aliphatic rings. The summed E-state index contributed by atoms with van der Waals surface area (Å²) in [5.41, 5.74) is 0.603. The monoisotopic (exact) mass is 581 g/mol. The second kappa shape index (κ2) is 12.5. The maximum atomic E-state index is 13.6. The summed E-state index contributed by atoms with van der Waals surface area (Å²) in [6.07, 6.45) is 1.24. The van der Waals surface area contributed by atoms with Crippen LogP contribution in [0, 0.1) is 0 Å². The fourth-order valence-corrected chi connectivity index (χ4v) is 5.18. The van der Waals surface area contributed by atoms with Crippen molar-refractivity contribution in [1.29, 1.82) is 0 Å². The Morgan fingerprint density at radius 2 is 1.69 bits per heavy atom. The molecule has 1 unspecified atom stereocenters. The number of rotatable bonds is 10. The lowest BCUT2D eigenvalue weighted by Gasteiger charge is -2.33. The van der Waals surface area contributed by atoms with Gasteiger partial charge in [0.05, 0.1) is 22.0 Å². The second-order valence-corrected chi connectivity index (χ2v) is 11.7. The normalized spacial score (nSPS) is 12.4. The van der Waals surface area contributed by atoms with Crippen molar-refractivity contribution in [3.8, 4) is 0 Å². The van der Waals surface area contributed by atoms with Gasteiger partial charge in [-0.05, 0) is 50.1 Å². The molecule has 0 aromatic heterocycles. The average molecular weight is 583 g/mol. The van der Waals surface area contributed by atoms with Crippen LogP contribution in [0.15, 0.2) is 36.4 Å². The first-order valence-corrected chi connectivity index (χ1v) is 14.1. The minimum atomic E-state index is -3.95. The predicted octanol–water partition coefficient (Wildman–Crippen LogP) is 5.40. The van der Waals surface area contributed by atoms with Crippen LogP contribution in [-0.4, -0.2) is 50.0 Å². The number of benzene rings is 2. The first-order chi connectivity index (χ1) is 16.3. The number of sulfonamides is 1. The highest BCUT2D eigenvalue weighted by Crippen LogP contribution is 2.34. The van der Waals surface area contributed by atoms with Gasteiger partial charge in [0.25, 0.3) is 0 Å². The number of amides is 2. The lowest BCUT2D eigenvalue weighted by molar-refractivity contribution is -0.140. The van der Waals surface area contributed by atoms with Crippen LogP contribution in [0.2, 0.25) is 20.1 Å². The lowest BCUT2D eigenvalue weighted by Crippen LogP contribution is -2.53. The van der Waals surface area contributed by atoms with Crippen LogP contribution in [0.5, 0.6) is 0 Å². The third kappa shape index (κ3) is 7.89. The number of nitrogens with zero attached hydrogens (tertiary/aromatic N) is 2. The van der Waals surface area contributed by atoms with Crippen molar-refractivity contribution < 1.29 is 18.0 Å².